The van der Waals surface area contributed by atoms with Crippen LogP contribution in [-0.4, -0.2) is 31.5 Å². The van der Waals surface area contributed by atoms with Gasteiger partial charge in [-0.2, -0.15) is 0 Å². The Labute approximate surface area is 127 Å². The first-order valence-corrected chi connectivity index (χ1v) is 7.77. The normalized spacial score (nSPS) is 12.7. The molecule has 0 aliphatic heterocycles. The van der Waals surface area contributed by atoms with Crippen molar-refractivity contribution < 1.29 is 4.79 Å². The highest BCUT2D eigenvalue weighted by atomic mass is 127. The molecular formula is C12H22IN5O. The molecule has 2 N–H and O–H groups in total. The van der Waals surface area contributed by atoms with Gasteiger partial charge in [0.2, 0.25) is 5.91 Å². The summed E-state index contributed by atoms with van der Waals surface area (Å²) in [6, 6.07) is 0. The summed E-state index contributed by atoms with van der Waals surface area (Å²) in [5.41, 5.74) is 0.796. The zero-order valence-electron chi connectivity index (χ0n) is 11.7. The van der Waals surface area contributed by atoms with Crippen molar-refractivity contribution in [1.82, 2.24) is 25.6 Å². The molecule has 1 aromatic heterocycles. The molecule has 0 aromatic carbocycles. The van der Waals surface area contributed by atoms with Gasteiger partial charge in [0.15, 0.2) is 0 Å². The molecule has 0 fully saturated rings. The molecule has 6 nitrogen and oxygen atoms in total. The minimum absolute atomic E-state index is 0.00335. The van der Waals surface area contributed by atoms with Crippen LogP contribution in [0.4, 0.5) is 0 Å². The number of aryl methyl sites for hydroxylation is 1. The third-order valence-corrected chi connectivity index (χ3v) is 2.98. The average molecular weight is 379 g/mol. The predicted octanol–water partition coefficient (Wildman–Crippen LogP) is 1.31. The number of rotatable bonds is 8. The second kappa shape index (κ2) is 8.47. The highest BCUT2D eigenvalue weighted by Crippen LogP contribution is 1.97. The van der Waals surface area contributed by atoms with Crippen molar-refractivity contribution >= 4 is 28.5 Å². The molecular weight excluding hydrogens is 357 g/mol. The topological polar surface area (TPSA) is 71.8 Å². The van der Waals surface area contributed by atoms with Crippen LogP contribution in [0.2, 0.25) is 0 Å². The maximum Gasteiger partial charge on any atom is 0.222 e. The van der Waals surface area contributed by atoms with Crippen LogP contribution >= 0.6 is 22.6 Å². The number of halogens is 1. The van der Waals surface area contributed by atoms with Crippen LogP contribution in [0, 0.1) is 5.92 Å². The SMILES string of the molecule is CC(I)NCCCn1cc(CNC(=O)C(C)C)nn1. The van der Waals surface area contributed by atoms with Crippen molar-refractivity contribution in [2.45, 2.75) is 44.3 Å². The van der Waals surface area contributed by atoms with E-state index in [-0.39, 0.29) is 11.8 Å². The molecule has 0 aliphatic rings. The molecule has 0 aliphatic carbocycles. The first kappa shape index (κ1) is 16.4. The smallest absolute Gasteiger partial charge is 0.222 e. The van der Waals surface area contributed by atoms with Gasteiger partial charge >= 0.3 is 0 Å². The fraction of sp³-hybridized carbons (Fsp3) is 0.750. The molecule has 0 saturated heterocycles. The van der Waals surface area contributed by atoms with Crippen molar-refractivity contribution in [3.63, 3.8) is 0 Å². The Balaban J connectivity index is 2.26. The van der Waals surface area contributed by atoms with Gasteiger partial charge in [0.25, 0.3) is 0 Å². The Morgan fingerprint density at radius 2 is 2.21 bits per heavy atom. The van der Waals surface area contributed by atoms with Crippen LogP contribution in [0.25, 0.3) is 0 Å². The van der Waals surface area contributed by atoms with Crippen LogP contribution in [0.5, 0.6) is 0 Å². The summed E-state index contributed by atoms with van der Waals surface area (Å²) < 4.78 is 2.30. The summed E-state index contributed by atoms with van der Waals surface area (Å²) in [5, 5.41) is 14.2. The molecule has 1 atom stereocenters. The maximum absolute atomic E-state index is 11.4. The zero-order chi connectivity index (χ0) is 14.3. The summed E-state index contributed by atoms with van der Waals surface area (Å²) >= 11 is 2.34. The minimum atomic E-state index is -0.00335. The lowest BCUT2D eigenvalue weighted by molar-refractivity contribution is -0.124. The van der Waals surface area contributed by atoms with E-state index in [4.69, 9.17) is 0 Å². The number of amides is 1. The second-order valence-electron chi connectivity index (χ2n) is 4.77. The summed E-state index contributed by atoms with van der Waals surface area (Å²) in [6.45, 7) is 8.09. The Morgan fingerprint density at radius 1 is 1.47 bits per heavy atom. The number of aromatic nitrogens is 3. The number of carbonyl (C=O) groups excluding carboxylic acids is 1. The number of hydrogen-bond acceptors (Lipinski definition) is 4. The fourth-order valence-corrected chi connectivity index (χ4v) is 1.76. The van der Waals surface area contributed by atoms with E-state index in [1.807, 2.05) is 24.7 Å². The molecule has 0 radical (unpaired) electrons. The van der Waals surface area contributed by atoms with Crippen LogP contribution < -0.4 is 10.6 Å². The first-order valence-electron chi connectivity index (χ1n) is 6.53. The van der Waals surface area contributed by atoms with Gasteiger partial charge < -0.3 is 10.6 Å². The van der Waals surface area contributed by atoms with Gasteiger partial charge in [0.1, 0.15) is 5.69 Å². The van der Waals surface area contributed by atoms with E-state index in [0.717, 1.165) is 25.2 Å². The van der Waals surface area contributed by atoms with Crippen LogP contribution in [0.15, 0.2) is 6.20 Å². The van der Waals surface area contributed by atoms with E-state index in [2.05, 4.69) is 50.5 Å². The van der Waals surface area contributed by atoms with Gasteiger partial charge in [-0.1, -0.05) is 41.7 Å². The number of carbonyl (C=O) groups is 1. The Bertz CT molecular complexity index is 391. The Kier molecular flexibility index (Phi) is 7.29. The third-order valence-electron chi connectivity index (χ3n) is 2.54. The van der Waals surface area contributed by atoms with Crippen molar-refractivity contribution in [2.24, 2.45) is 5.92 Å². The van der Waals surface area contributed by atoms with Gasteiger partial charge in [0, 0.05) is 12.5 Å². The highest BCUT2D eigenvalue weighted by molar-refractivity contribution is 14.1. The number of nitrogens with zero attached hydrogens (tertiary/aromatic N) is 3. The lowest BCUT2D eigenvalue weighted by atomic mass is 10.2. The van der Waals surface area contributed by atoms with Gasteiger partial charge in [-0.25, -0.2) is 0 Å². The first-order chi connectivity index (χ1) is 8.99. The van der Waals surface area contributed by atoms with Gasteiger partial charge in [-0.05, 0) is 19.9 Å². The highest BCUT2D eigenvalue weighted by Gasteiger charge is 2.07. The third kappa shape index (κ3) is 6.86. The lowest BCUT2D eigenvalue weighted by Gasteiger charge is -2.06. The molecule has 108 valence electrons. The summed E-state index contributed by atoms with van der Waals surface area (Å²) in [5.74, 6) is 0.0335. The summed E-state index contributed by atoms with van der Waals surface area (Å²) in [6.07, 6.45) is 2.89. The van der Waals surface area contributed by atoms with Crippen molar-refractivity contribution in [3.8, 4) is 0 Å². The minimum Gasteiger partial charge on any atom is -0.350 e. The number of hydrogen-bond donors (Lipinski definition) is 2. The van der Waals surface area contributed by atoms with E-state index in [9.17, 15) is 4.79 Å². The van der Waals surface area contributed by atoms with Crippen LogP contribution in [0.1, 0.15) is 32.9 Å². The largest absolute Gasteiger partial charge is 0.350 e. The molecule has 1 unspecified atom stereocenters. The molecule has 1 aromatic rings. The second-order valence-corrected chi connectivity index (χ2v) is 6.64. The summed E-state index contributed by atoms with van der Waals surface area (Å²) in [7, 11) is 0. The van der Waals surface area contributed by atoms with Crippen molar-refractivity contribution in [3.05, 3.63) is 11.9 Å². The average Bonchev–Trinajstić information content (AvgIpc) is 2.79. The van der Waals surface area contributed by atoms with Crippen molar-refractivity contribution in [2.75, 3.05) is 6.54 Å². The van der Waals surface area contributed by atoms with E-state index >= 15 is 0 Å². The molecule has 19 heavy (non-hydrogen) atoms. The van der Waals surface area contributed by atoms with Gasteiger partial charge in [0.05, 0.1) is 16.8 Å². The fourth-order valence-electron chi connectivity index (χ4n) is 1.45. The quantitative estimate of drug-likeness (QED) is 0.309. The molecule has 1 heterocycles. The molecule has 0 spiro atoms. The van der Waals surface area contributed by atoms with Gasteiger partial charge in [-0.15, -0.1) is 5.10 Å². The molecule has 0 saturated carbocycles. The Morgan fingerprint density at radius 3 is 2.84 bits per heavy atom. The zero-order valence-corrected chi connectivity index (χ0v) is 13.8. The summed E-state index contributed by atoms with van der Waals surface area (Å²) in [4.78, 5) is 11.4. The molecule has 1 amide bonds. The van der Waals surface area contributed by atoms with E-state index in [1.165, 1.54) is 0 Å². The van der Waals surface area contributed by atoms with Crippen LogP contribution in [0.3, 0.4) is 0 Å². The maximum atomic E-state index is 11.4. The Hall–Kier alpha value is -0.700. The molecule has 7 heteroatoms. The molecule has 1 rings (SSSR count). The van der Waals surface area contributed by atoms with Gasteiger partial charge in [-0.3, -0.25) is 9.48 Å². The van der Waals surface area contributed by atoms with E-state index in [1.54, 1.807) is 0 Å². The van der Waals surface area contributed by atoms with E-state index in [0.29, 0.717) is 10.6 Å². The number of alkyl halides is 1. The number of nitrogens with one attached hydrogen (secondary N) is 2. The monoisotopic (exact) mass is 379 g/mol. The standard InChI is InChI=1S/C12H22IN5O/c1-9(2)12(19)15-7-11-8-18(17-16-11)6-4-5-14-10(3)13/h8-10,14H,4-7H2,1-3H3,(H,15,19). The lowest BCUT2D eigenvalue weighted by Crippen LogP contribution is -2.27. The predicted molar refractivity (Wildman–Crippen MR) is 82.8 cm³/mol. The molecule has 0 bridgehead atoms. The van der Waals surface area contributed by atoms with Crippen molar-refractivity contribution in [1.29, 1.82) is 0 Å². The van der Waals surface area contributed by atoms with Crippen LogP contribution in [-0.2, 0) is 17.9 Å². The van der Waals surface area contributed by atoms with E-state index < -0.39 is 0 Å².